The smallest absolute Gasteiger partial charge is 0.237 e. The maximum atomic E-state index is 12.0. The summed E-state index contributed by atoms with van der Waals surface area (Å²) in [4.78, 5) is 19.0. The molecule has 18 heavy (non-hydrogen) atoms. The van der Waals surface area contributed by atoms with E-state index in [2.05, 4.69) is 20.6 Å². The van der Waals surface area contributed by atoms with E-state index in [0.717, 1.165) is 5.69 Å². The van der Waals surface area contributed by atoms with Crippen molar-refractivity contribution in [2.24, 2.45) is 0 Å². The number of aromatic nitrogens is 2. The number of amides is 1. The maximum absolute atomic E-state index is 12.0. The minimum atomic E-state index is -0.224. The molecule has 3 N–H and O–H groups in total. The quantitative estimate of drug-likeness (QED) is 0.674. The highest BCUT2D eigenvalue weighted by atomic mass is 31.0. The van der Waals surface area contributed by atoms with Crippen LogP contribution in [0.25, 0.3) is 0 Å². The number of imidazole rings is 1. The SMILES string of the molecule is CC(C)NC(=O)[C@H](Cc1cnc[nH]1)NC(C)C.P. The second-order valence-electron chi connectivity index (χ2n) is 4.82. The van der Waals surface area contributed by atoms with E-state index in [9.17, 15) is 4.79 Å². The molecule has 0 bridgehead atoms. The van der Waals surface area contributed by atoms with Gasteiger partial charge in [-0.3, -0.25) is 4.79 Å². The fourth-order valence-corrected chi connectivity index (χ4v) is 1.63. The van der Waals surface area contributed by atoms with Gasteiger partial charge in [0.1, 0.15) is 0 Å². The van der Waals surface area contributed by atoms with E-state index in [1.165, 1.54) is 0 Å². The molecule has 0 aliphatic rings. The van der Waals surface area contributed by atoms with Crippen LogP contribution < -0.4 is 10.6 Å². The van der Waals surface area contributed by atoms with Crippen LogP contribution in [-0.4, -0.2) is 34.0 Å². The number of H-pyrrole nitrogens is 1. The normalized spacial score (nSPS) is 12.3. The molecule has 104 valence electrons. The Labute approximate surface area is 112 Å². The van der Waals surface area contributed by atoms with Gasteiger partial charge in [-0.1, -0.05) is 13.8 Å². The molecule has 0 radical (unpaired) electrons. The first-order chi connectivity index (χ1) is 7.99. The molecule has 0 aliphatic carbocycles. The highest BCUT2D eigenvalue weighted by Gasteiger charge is 2.20. The number of rotatable bonds is 6. The van der Waals surface area contributed by atoms with Crippen LogP contribution in [0, 0.1) is 0 Å². The molecule has 0 aliphatic heterocycles. The average Bonchev–Trinajstić information content (AvgIpc) is 2.67. The fourth-order valence-electron chi connectivity index (χ4n) is 1.63. The molecule has 0 aromatic carbocycles. The summed E-state index contributed by atoms with van der Waals surface area (Å²) in [7, 11) is 0. The van der Waals surface area contributed by atoms with Crippen molar-refractivity contribution < 1.29 is 4.79 Å². The lowest BCUT2D eigenvalue weighted by atomic mass is 10.1. The Morgan fingerprint density at radius 3 is 2.44 bits per heavy atom. The molecule has 1 unspecified atom stereocenters. The van der Waals surface area contributed by atoms with E-state index in [-0.39, 0.29) is 33.9 Å². The Morgan fingerprint density at radius 1 is 1.33 bits per heavy atom. The minimum Gasteiger partial charge on any atom is -0.353 e. The van der Waals surface area contributed by atoms with Gasteiger partial charge in [0.25, 0.3) is 0 Å². The van der Waals surface area contributed by atoms with Crippen molar-refractivity contribution in [3.8, 4) is 0 Å². The van der Waals surface area contributed by atoms with Gasteiger partial charge in [-0.25, -0.2) is 4.98 Å². The van der Waals surface area contributed by atoms with Crippen molar-refractivity contribution in [1.29, 1.82) is 0 Å². The van der Waals surface area contributed by atoms with Gasteiger partial charge in [0.15, 0.2) is 0 Å². The molecule has 1 rings (SSSR count). The summed E-state index contributed by atoms with van der Waals surface area (Å²) < 4.78 is 0. The standard InChI is InChI=1S/C12H22N4O.H3P/c1-8(2)15-11(12(17)16-9(3)4)5-10-6-13-7-14-10;/h6-9,11,15H,5H2,1-4H3,(H,13,14)(H,16,17);1H3/t11-;/m0./s1. The number of nitrogens with one attached hydrogen (secondary N) is 3. The molecule has 1 heterocycles. The zero-order valence-electron chi connectivity index (χ0n) is 11.7. The zero-order valence-corrected chi connectivity index (χ0v) is 13.1. The van der Waals surface area contributed by atoms with Gasteiger partial charge in [-0.2, -0.15) is 9.90 Å². The molecular weight excluding hydrogens is 247 g/mol. The van der Waals surface area contributed by atoms with Gasteiger partial charge in [-0.15, -0.1) is 0 Å². The van der Waals surface area contributed by atoms with Gasteiger partial charge in [-0.05, 0) is 13.8 Å². The predicted octanol–water partition coefficient (Wildman–Crippen LogP) is 0.901. The molecule has 1 aromatic heterocycles. The summed E-state index contributed by atoms with van der Waals surface area (Å²) in [6.45, 7) is 7.98. The summed E-state index contributed by atoms with van der Waals surface area (Å²) in [6, 6.07) is 0.194. The molecule has 5 nitrogen and oxygen atoms in total. The first kappa shape index (κ1) is 17.1. The first-order valence-corrected chi connectivity index (χ1v) is 6.02. The molecular formula is C12H25N4OP. The molecule has 1 amide bonds. The maximum Gasteiger partial charge on any atom is 0.237 e. The number of carbonyl (C=O) groups excluding carboxylic acids is 1. The predicted molar refractivity (Wildman–Crippen MR) is 78.7 cm³/mol. The van der Waals surface area contributed by atoms with E-state index in [0.29, 0.717) is 6.42 Å². The largest absolute Gasteiger partial charge is 0.353 e. The molecule has 1 aromatic rings. The van der Waals surface area contributed by atoms with Crippen LogP contribution in [0.1, 0.15) is 33.4 Å². The number of hydrogen-bond acceptors (Lipinski definition) is 3. The van der Waals surface area contributed by atoms with Crippen molar-refractivity contribution in [2.45, 2.75) is 52.2 Å². The second kappa shape index (κ2) is 8.22. The third-order valence-electron chi connectivity index (χ3n) is 2.26. The van der Waals surface area contributed by atoms with E-state index in [4.69, 9.17) is 0 Å². The van der Waals surface area contributed by atoms with E-state index in [1.54, 1.807) is 12.5 Å². The number of nitrogens with zero attached hydrogens (tertiary/aromatic N) is 1. The lowest BCUT2D eigenvalue weighted by Crippen LogP contribution is -2.49. The number of aromatic amines is 1. The Kier molecular flexibility index (Phi) is 7.80. The van der Waals surface area contributed by atoms with Crippen molar-refractivity contribution in [1.82, 2.24) is 20.6 Å². The topological polar surface area (TPSA) is 69.8 Å². The van der Waals surface area contributed by atoms with Gasteiger partial charge in [0.05, 0.1) is 12.4 Å². The lowest BCUT2D eigenvalue weighted by Gasteiger charge is -2.21. The van der Waals surface area contributed by atoms with Crippen LogP contribution in [0.4, 0.5) is 0 Å². The molecule has 0 saturated heterocycles. The number of hydrogen-bond donors (Lipinski definition) is 3. The number of carbonyl (C=O) groups is 1. The van der Waals surface area contributed by atoms with Gasteiger partial charge < -0.3 is 15.6 Å². The minimum absolute atomic E-state index is 0. The van der Waals surface area contributed by atoms with Crippen LogP contribution in [0.5, 0.6) is 0 Å². The van der Waals surface area contributed by atoms with E-state index >= 15 is 0 Å². The average molecular weight is 272 g/mol. The molecule has 0 fully saturated rings. The van der Waals surface area contributed by atoms with Crippen LogP contribution in [0.3, 0.4) is 0 Å². The van der Waals surface area contributed by atoms with Crippen LogP contribution in [0.2, 0.25) is 0 Å². The van der Waals surface area contributed by atoms with Gasteiger partial charge >= 0.3 is 0 Å². The van der Waals surface area contributed by atoms with Crippen molar-refractivity contribution >= 4 is 15.8 Å². The highest BCUT2D eigenvalue weighted by molar-refractivity contribution is 6.92. The summed E-state index contributed by atoms with van der Waals surface area (Å²) in [5.41, 5.74) is 0.960. The molecule has 0 saturated carbocycles. The molecule has 6 heteroatoms. The van der Waals surface area contributed by atoms with Gasteiger partial charge in [0.2, 0.25) is 5.91 Å². The third-order valence-corrected chi connectivity index (χ3v) is 2.26. The third kappa shape index (κ3) is 6.12. The molecule has 2 atom stereocenters. The monoisotopic (exact) mass is 272 g/mol. The molecule has 0 spiro atoms. The van der Waals surface area contributed by atoms with Crippen LogP contribution >= 0.6 is 9.90 Å². The van der Waals surface area contributed by atoms with E-state index in [1.807, 2.05) is 27.7 Å². The highest BCUT2D eigenvalue weighted by Crippen LogP contribution is 2.00. The Balaban J connectivity index is 0.00000289. The van der Waals surface area contributed by atoms with Crippen LogP contribution in [-0.2, 0) is 11.2 Å². The van der Waals surface area contributed by atoms with Crippen molar-refractivity contribution in [3.63, 3.8) is 0 Å². The lowest BCUT2D eigenvalue weighted by molar-refractivity contribution is -0.123. The summed E-state index contributed by atoms with van der Waals surface area (Å²) in [5, 5.41) is 6.19. The Morgan fingerprint density at radius 2 is 2.00 bits per heavy atom. The summed E-state index contributed by atoms with van der Waals surface area (Å²) in [6.07, 6.45) is 4.00. The fraction of sp³-hybridized carbons (Fsp3) is 0.667. The Bertz CT molecular complexity index is 338. The first-order valence-electron chi connectivity index (χ1n) is 6.02. The van der Waals surface area contributed by atoms with Gasteiger partial charge in [0, 0.05) is 30.4 Å². The Hall–Kier alpha value is -0.930. The zero-order chi connectivity index (χ0) is 12.8. The second-order valence-corrected chi connectivity index (χ2v) is 4.82. The van der Waals surface area contributed by atoms with Crippen LogP contribution in [0.15, 0.2) is 12.5 Å². The summed E-state index contributed by atoms with van der Waals surface area (Å²) in [5.74, 6) is 0.0308. The van der Waals surface area contributed by atoms with E-state index < -0.39 is 0 Å². The van der Waals surface area contributed by atoms with Crippen molar-refractivity contribution in [3.05, 3.63) is 18.2 Å². The van der Waals surface area contributed by atoms with Crippen molar-refractivity contribution in [2.75, 3.05) is 0 Å². The summed E-state index contributed by atoms with van der Waals surface area (Å²) >= 11 is 0.